The average molecular weight is 369 g/mol. The minimum Gasteiger partial charge on any atom is -0.336 e. The molecule has 0 amide bonds. The van der Waals surface area contributed by atoms with Crippen LogP contribution in [0.3, 0.4) is 0 Å². The van der Waals surface area contributed by atoms with Gasteiger partial charge in [0.1, 0.15) is 0 Å². The molecule has 0 fully saturated rings. The second-order valence-electron chi connectivity index (χ2n) is 8.41. The number of nitriles is 1. The third-order valence-corrected chi connectivity index (χ3v) is 4.87. The molecule has 0 aliphatic rings. The Morgan fingerprint density at radius 1 is 0.923 bits per heavy atom. The summed E-state index contributed by atoms with van der Waals surface area (Å²) < 4.78 is 0. The van der Waals surface area contributed by atoms with Crippen LogP contribution in [0.25, 0.3) is 0 Å². The predicted octanol–water partition coefficient (Wildman–Crippen LogP) is 7.40. The zero-order chi connectivity index (χ0) is 19.6. The van der Waals surface area contributed by atoms with E-state index in [1.165, 1.54) is 5.56 Å². The Bertz CT molecular complexity index is 806. The number of rotatable bonds is 4. The number of anilines is 2. The van der Waals surface area contributed by atoms with Gasteiger partial charge >= 0.3 is 0 Å². The number of halogens is 1. The highest BCUT2D eigenvalue weighted by Crippen LogP contribution is 2.39. The molecule has 0 spiro atoms. The van der Waals surface area contributed by atoms with Gasteiger partial charge in [0.25, 0.3) is 0 Å². The van der Waals surface area contributed by atoms with Crippen LogP contribution in [-0.2, 0) is 0 Å². The van der Waals surface area contributed by atoms with E-state index in [4.69, 9.17) is 11.6 Å². The Morgan fingerprint density at radius 3 is 1.92 bits per heavy atom. The quantitative estimate of drug-likeness (QED) is 0.562. The molecule has 3 heteroatoms. The van der Waals surface area contributed by atoms with Crippen LogP contribution in [0.2, 0.25) is 5.02 Å². The van der Waals surface area contributed by atoms with Gasteiger partial charge in [0.15, 0.2) is 0 Å². The summed E-state index contributed by atoms with van der Waals surface area (Å²) in [5.74, 6) is 0.705. The number of nitrogens with zero attached hydrogens (tertiary/aromatic N) is 2. The first kappa shape index (κ1) is 20.3. The lowest BCUT2D eigenvalue weighted by molar-refractivity contribution is 0.560. The molecule has 0 N–H and O–H groups in total. The van der Waals surface area contributed by atoms with Crippen LogP contribution in [0.15, 0.2) is 36.4 Å². The summed E-state index contributed by atoms with van der Waals surface area (Å²) in [5, 5.41) is 10.3. The lowest BCUT2D eigenvalue weighted by Gasteiger charge is -2.38. The molecule has 0 aromatic heterocycles. The van der Waals surface area contributed by atoms with Gasteiger partial charge in [-0.3, -0.25) is 0 Å². The molecule has 138 valence electrons. The summed E-state index contributed by atoms with van der Waals surface area (Å²) in [6, 6.07) is 14.9. The molecule has 2 aromatic rings. The Kier molecular flexibility index (Phi) is 6.04. The van der Waals surface area contributed by atoms with Crippen LogP contribution in [0.4, 0.5) is 11.4 Å². The van der Waals surface area contributed by atoms with Gasteiger partial charge in [-0.25, -0.2) is 0 Å². The molecule has 2 nitrogen and oxygen atoms in total. The lowest BCUT2D eigenvalue weighted by Crippen LogP contribution is -2.37. The van der Waals surface area contributed by atoms with Crippen molar-refractivity contribution in [3.63, 3.8) is 0 Å². The number of hydrogen-bond donors (Lipinski definition) is 0. The summed E-state index contributed by atoms with van der Waals surface area (Å²) in [4.78, 5) is 2.24. The molecule has 2 aromatic carbocycles. The molecule has 0 bridgehead atoms. The molecular weight excluding hydrogens is 340 g/mol. The maximum absolute atomic E-state index is 9.64. The highest BCUT2D eigenvalue weighted by atomic mass is 35.5. The molecule has 0 aliphatic carbocycles. The van der Waals surface area contributed by atoms with Crippen molar-refractivity contribution in [2.24, 2.45) is 0 Å². The molecule has 2 rings (SSSR count). The Balaban J connectivity index is 2.62. The molecule has 0 saturated carbocycles. The maximum Gasteiger partial charge on any atom is 0.0995 e. The molecule has 0 aliphatic heterocycles. The van der Waals surface area contributed by atoms with Gasteiger partial charge in [-0.2, -0.15) is 5.26 Å². The molecule has 0 atom stereocenters. The van der Waals surface area contributed by atoms with Crippen LogP contribution >= 0.6 is 11.6 Å². The van der Waals surface area contributed by atoms with E-state index in [1.54, 1.807) is 0 Å². The molecule has 26 heavy (non-hydrogen) atoms. The van der Waals surface area contributed by atoms with E-state index in [0.717, 1.165) is 16.9 Å². The zero-order valence-corrected chi connectivity index (χ0v) is 17.6. The van der Waals surface area contributed by atoms with Crippen LogP contribution < -0.4 is 4.90 Å². The van der Waals surface area contributed by atoms with E-state index in [0.29, 0.717) is 16.5 Å². The van der Waals surface area contributed by atoms with Gasteiger partial charge in [-0.05, 0) is 68.0 Å². The van der Waals surface area contributed by atoms with E-state index < -0.39 is 0 Å². The standard InChI is InChI=1S/C23H29ClN2/c1-15(2)17-8-10-19(11-9-17)26(23(5,6)7)20-12-18(14-25)22(16(3)4)21(24)13-20/h8-13,15-16H,1-7H3. The van der Waals surface area contributed by atoms with Crippen LogP contribution in [0.1, 0.15) is 77.0 Å². The first-order valence-corrected chi connectivity index (χ1v) is 9.57. The SMILES string of the molecule is CC(C)c1ccc(N(c2cc(Cl)c(C(C)C)c(C#N)c2)C(C)(C)C)cc1. The molecule has 0 radical (unpaired) electrons. The van der Waals surface area contributed by atoms with Gasteiger partial charge < -0.3 is 4.90 Å². The largest absolute Gasteiger partial charge is 0.336 e. The summed E-state index contributed by atoms with van der Waals surface area (Å²) >= 11 is 6.58. The fourth-order valence-electron chi connectivity index (χ4n) is 3.34. The van der Waals surface area contributed by atoms with Gasteiger partial charge in [-0.15, -0.1) is 0 Å². The number of benzene rings is 2. The van der Waals surface area contributed by atoms with E-state index in [2.05, 4.69) is 83.7 Å². The van der Waals surface area contributed by atoms with Gasteiger partial charge in [-0.1, -0.05) is 51.4 Å². The van der Waals surface area contributed by atoms with Crippen molar-refractivity contribution in [3.05, 3.63) is 58.1 Å². The summed E-state index contributed by atoms with van der Waals surface area (Å²) in [6.07, 6.45) is 0. The summed E-state index contributed by atoms with van der Waals surface area (Å²) in [6.45, 7) is 15.0. The summed E-state index contributed by atoms with van der Waals surface area (Å²) in [7, 11) is 0. The smallest absolute Gasteiger partial charge is 0.0995 e. The zero-order valence-electron chi connectivity index (χ0n) is 16.9. The van der Waals surface area contributed by atoms with Gasteiger partial charge in [0.2, 0.25) is 0 Å². The second kappa shape index (κ2) is 7.72. The average Bonchev–Trinajstić information content (AvgIpc) is 2.53. The molecular formula is C23H29ClN2. The Morgan fingerprint density at radius 2 is 1.50 bits per heavy atom. The minimum atomic E-state index is -0.158. The summed E-state index contributed by atoms with van der Waals surface area (Å²) in [5.41, 5.74) is 4.76. The monoisotopic (exact) mass is 368 g/mol. The van der Waals surface area contributed by atoms with Gasteiger partial charge in [0.05, 0.1) is 11.6 Å². The van der Waals surface area contributed by atoms with Crippen LogP contribution in [0, 0.1) is 11.3 Å². The van der Waals surface area contributed by atoms with Crippen molar-refractivity contribution in [2.45, 2.75) is 65.8 Å². The lowest BCUT2D eigenvalue weighted by atomic mass is 9.95. The first-order valence-electron chi connectivity index (χ1n) is 9.20. The maximum atomic E-state index is 9.64. The fourth-order valence-corrected chi connectivity index (χ4v) is 3.78. The van der Waals surface area contributed by atoms with Crippen molar-refractivity contribution in [1.29, 1.82) is 5.26 Å². The first-order chi connectivity index (χ1) is 12.1. The van der Waals surface area contributed by atoms with Crippen molar-refractivity contribution in [1.82, 2.24) is 0 Å². The fraction of sp³-hybridized carbons (Fsp3) is 0.435. The van der Waals surface area contributed by atoms with E-state index in [1.807, 2.05) is 12.1 Å². The van der Waals surface area contributed by atoms with Crippen LogP contribution in [-0.4, -0.2) is 5.54 Å². The van der Waals surface area contributed by atoms with Crippen molar-refractivity contribution >= 4 is 23.0 Å². The van der Waals surface area contributed by atoms with Gasteiger partial charge in [0, 0.05) is 21.9 Å². The van der Waals surface area contributed by atoms with E-state index in [9.17, 15) is 5.26 Å². The third-order valence-electron chi connectivity index (χ3n) is 4.56. The highest BCUT2D eigenvalue weighted by molar-refractivity contribution is 6.32. The normalized spacial score (nSPS) is 11.7. The minimum absolute atomic E-state index is 0.158. The third kappa shape index (κ3) is 4.22. The van der Waals surface area contributed by atoms with Crippen molar-refractivity contribution in [2.75, 3.05) is 4.90 Å². The molecule has 0 saturated heterocycles. The topological polar surface area (TPSA) is 27.0 Å². The van der Waals surface area contributed by atoms with Crippen LogP contribution in [0.5, 0.6) is 0 Å². The Labute approximate surface area is 163 Å². The van der Waals surface area contributed by atoms with E-state index in [-0.39, 0.29) is 11.5 Å². The Hall–Kier alpha value is -1.98. The predicted molar refractivity (Wildman–Crippen MR) is 113 cm³/mol. The van der Waals surface area contributed by atoms with Crippen molar-refractivity contribution < 1.29 is 0 Å². The second-order valence-corrected chi connectivity index (χ2v) is 8.81. The highest BCUT2D eigenvalue weighted by Gasteiger charge is 2.25. The number of hydrogen-bond acceptors (Lipinski definition) is 2. The molecule has 0 unspecified atom stereocenters. The van der Waals surface area contributed by atoms with Crippen molar-refractivity contribution in [3.8, 4) is 6.07 Å². The van der Waals surface area contributed by atoms with E-state index >= 15 is 0 Å². The molecule has 0 heterocycles.